The Bertz CT molecular complexity index is 964. The second kappa shape index (κ2) is 13.2. The number of oxazole rings is 1. The highest BCUT2D eigenvalue weighted by Gasteiger charge is 2.46. The van der Waals surface area contributed by atoms with E-state index in [1.165, 1.54) is 5.56 Å². The minimum absolute atomic E-state index is 0.280. The van der Waals surface area contributed by atoms with E-state index in [2.05, 4.69) is 81.8 Å². The first-order chi connectivity index (χ1) is 16.8. The van der Waals surface area contributed by atoms with Crippen molar-refractivity contribution in [2.75, 3.05) is 0 Å². The highest BCUT2D eigenvalue weighted by Crippen LogP contribution is 2.44. The molecular formula is C30H44N2O2Si. The maximum Gasteiger partial charge on any atom is 0.200 e. The van der Waals surface area contributed by atoms with Crippen molar-refractivity contribution in [2.45, 2.75) is 103 Å². The average molecular weight is 493 g/mol. The van der Waals surface area contributed by atoms with Gasteiger partial charge in [0.25, 0.3) is 0 Å². The summed E-state index contributed by atoms with van der Waals surface area (Å²) in [6.45, 7) is 14.2. The van der Waals surface area contributed by atoms with E-state index >= 15 is 0 Å². The van der Waals surface area contributed by atoms with Gasteiger partial charge in [-0.25, -0.2) is 4.98 Å². The maximum absolute atomic E-state index is 7.25. The molecule has 1 unspecified atom stereocenters. The fraction of sp³-hybridized carbons (Fsp3) is 0.533. The van der Waals surface area contributed by atoms with Gasteiger partial charge in [0.2, 0.25) is 8.32 Å². The molecule has 0 amide bonds. The SMILES string of the molecule is CC(C)[Si](OC(CCCc1ccccc1)CCCc1ncc(-c2ccccn2)o1)(C(C)C)C(C)C. The Balaban J connectivity index is 1.65. The molecule has 0 aliphatic carbocycles. The Morgan fingerprint density at radius 2 is 1.40 bits per heavy atom. The Hall–Kier alpha value is -2.24. The second-order valence-electron chi connectivity index (χ2n) is 10.7. The summed E-state index contributed by atoms with van der Waals surface area (Å²) in [5.41, 5.74) is 4.01. The Morgan fingerprint density at radius 3 is 2.00 bits per heavy atom. The van der Waals surface area contributed by atoms with Crippen LogP contribution in [0.15, 0.2) is 65.3 Å². The van der Waals surface area contributed by atoms with Gasteiger partial charge in [-0.1, -0.05) is 77.9 Å². The number of aryl methyl sites for hydroxylation is 2. The molecule has 0 fully saturated rings. The van der Waals surface area contributed by atoms with Gasteiger partial charge < -0.3 is 8.84 Å². The van der Waals surface area contributed by atoms with Crippen molar-refractivity contribution in [3.05, 3.63) is 72.4 Å². The number of nitrogens with zero attached hydrogens (tertiary/aromatic N) is 2. The standard InChI is InChI=1S/C30H44N2O2Si/c1-23(2)35(24(3)4,25(5)6)34-27(17-12-16-26-14-8-7-9-15-26)18-13-20-30-32-22-29(33-30)28-19-10-11-21-31-28/h7-11,14-15,19,21-25,27H,12-13,16-18,20H2,1-6H3. The lowest BCUT2D eigenvalue weighted by atomic mass is 10.0. The van der Waals surface area contributed by atoms with Crippen LogP contribution in [0.1, 0.15) is 78.7 Å². The summed E-state index contributed by atoms with van der Waals surface area (Å²) >= 11 is 0. The molecule has 4 nitrogen and oxygen atoms in total. The predicted octanol–water partition coefficient (Wildman–Crippen LogP) is 8.64. The topological polar surface area (TPSA) is 48.2 Å². The molecule has 0 aliphatic rings. The number of pyridine rings is 1. The minimum Gasteiger partial charge on any atom is -0.439 e. The van der Waals surface area contributed by atoms with Crippen molar-refractivity contribution in [1.82, 2.24) is 9.97 Å². The number of benzene rings is 1. The van der Waals surface area contributed by atoms with Gasteiger partial charge >= 0.3 is 0 Å². The number of aromatic nitrogens is 2. The van der Waals surface area contributed by atoms with E-state index in [-0.39, 0.29) is 6.10 Å². The van der Waals surface area contributed by atoms with Crippen molar-refractivity contribution in [1.29, 1.82) is 0 Å². The van der Waals surface area contributed by atoms with Crippen molar-refractivity contribution in [3.8, 4) is 11.5 Å². The molecule has 0 saturated heterocycles. The van der Waals surface area contributed by atoms with E-state index in [4.69, 9.17) is 8.84 Å². The smallest absolute Gasteiger partial charge is 0.200 e. The van der Waals surface area contributed by atoms with Gasteiger partial charge in [0.05, 0.1) is 6.20 Å². The lowest BCUT2D eigenvalue weighted by molar-refractivity contribution is 0.149. The molecule has 0 spiro atoms. The van der Waals surface area contributed by atoms with Crippen molar-refractivity contribution in [2.24, 2.45) is 0 Å². The van der Waals surface area contributed by atoms with Gasteiger partial charge in [0, 0.05) is 18.7 Å². The molecule has 0 N–H and O–H groups in total. The molecule has 5 heteroatoms. The fourth-order valence-corrected chi connectivity index (χ4v) is 11.3. The summed E-state index contributed by atoms with van der Waals surface area (Å²) < 4.78 is 13.3. The second-order valence-corrected chi connectivity index (χ2v) is 16.1. The summed E-state index contributed by atoms with van der Waals surface area (Å²) in [6, 6.07) is 16.6. The van der Waals surface area contributed by atoms with Gasteiger partial charge in [-0.15, -0.1) is 0 Å². The third-order valence-electron chi connectivity index (χ3n) is 7.30. The largest absolute Gasteiger partial charge is 0.439 e. The Morgan fingerprint density at radius 1 is 0.771 bits per heavy atom. The monoisotopic (exact) mass is 492 g/mol. The molecule has 190 valence electrons. The highest BCUT2D eigenvalue weighted by atomic mass is 28.4. The quantitative estimate of drug-likeness (QED) is 0.211. The van der Waals surface area contributed by atoms with Crippen molar-refractivity contribution < 1.29 is 8.84 Å². The van der Waals surface area contributed by atoms with Crippen LogP contribution in [0.2, 0.25) is 16.6 Å². The minimum atomic E-state index is -1.94. The highest BCUT2D eigenvalue weighted by molar-refractivity contribution is 6.77. The number of hydrogen-bond acceptors (Lipinski definition) is 4. The van der Waals surface area contributed by atoms with Crippen LogP contribution >= 0.6 is 0 Å². The Kier molecular flexibility index (Phi) is 10.3. The average Bonchev–Trinajstić information content (AvgIpc) is 3.31. The maximum atomic E-state index is 7.25. The van der Waals surface area contributed by atoms with Crippen LogP contribution in [0, 0.1) is 0 Å². The lowest BCUT2D eigenvalue weighted by Gasteiger charge is -2.45. The zero-order valence-electron chi connectivity index (χ0n) is 22.5. The molecule has 3 aromatic rings. The van der Waals surface area contributed by atoms with Crippen molar-refractivity contribution >= 4 is 8.32 Å². The third kappa shape index (κ3) is 7.37. The predicted molar refractivity (Wildman–Crippen MR) is 148 cm³/mol. The van der Waals surface area contributed by atoms with Gasteiger partial charge in [-0.3, -0.25) is 4.98 Å². The van der Waals surface area contributed by atoms with E-state index in [0.717, 1.165) is 55.9 Å². The first-order valence-corrected chi connectivity index (χ1v) is 15.5. The van der Waals surface area contributed by atoms with Crippen LogP contribution in [-0.2, 0) is 17.3 Å². The van der Waals surface area contributed by atoms with E-state index in [0.29, 0.717) is 16.6 Å². The first kappa shape index (κ1) is 27.3. The molecule has 0 radical (unpaired) electrons. The van der Waals surface area contributed by atoms with E-state index < -0.39 is 8.32 Å². The van der Waals surface area contributed by atoms with Crippen LogP contribution in [0.5, 0.6) is 0 Å². The van der Waals surface area contributed by atoms with Gasteiger partial charge in [-0.05, 0) is 66.4 Å². The summed E-state index contributed by atoms with van der Waals surface area (Å²) in [5.74, 6) is 1.52. The summed E-state index contributed by atoms with van der Waals surface area (Å²) in [6.07, 6.45) is 10.1. The number of rotatable bonds is 14. The summed E-state index contributed by atoms with van der Waals surface area (Å²) in [5, 5.41) is 0. The molecular weight excluding hydrogens is 448 g/mol. The van der Waals surface area contributed by atoms with E-state index in [9.17, 15) is 0 Å². The van der Waals surface area contributed by atoms with Crippen LogP contribution in [0.3, 0.4) is 0 Å². The molecule has 0 aliphatic heterocycles. The fourth-order valence-electron chi connectivity index (χ4n) is 5.67. The zero-order chi connectivity index (χ0) is 25.3. The van der Waals surface area contributed by atoms with Crippen LogP contribution < -0.4 is 0 Å². The normalized spacial score (nSPS) is 13.2. The molecule has 0 bridgehead atoms. The molecule has 2 heterocycles. The molecule has 3 rings (SSSR count). The van der Waals surface area contributed by atoms with E-state index in [1.807, 2.05) is 18.2 Å². The molecule has 35 heavy (non-hydrogen) atoms. The number of hydrogen-bond donors (Lipinski definition) is 0. The summed E-state index contributed by atoms with van der Waals surface area (Å²) in [7, 11) is -1.94. The van der Waals surface area contributed by atoms with E-state index in [1.54, 1.807) is 12.4 Å². The van der Waals surface area contributed by atoms with Crippen LogP contribution in [0.4, 0.5) is 0 Å². The van der Waals surface area contributed by atoms with Gasteiger partial charge in [-0.2, -0.15) is 0 Å². The lowest BCUT2D eigenvalue weighted by Crippen LogP contribution is -2.50. The van der Waals surface area contributed by atoms with Crippen molar-refractivity contribution in [3.63, 3.8) is 0 Å². The van der Waals surface area contributed by atoms with Gasteiger partial charge in [0.15, 0.2) is 11.7 Å². The molecule has 1 aromatic carbocycles. The zero-order valence-corrected chi connectivity index (χ0v) is 23.5. The van der Waals surface area contributed by atoms with Crippen LogP contribution in [-0.4, -0.2) is 24.4 Å². The Labute approximate surface area is 213 Å². The first-order valence-electron chi connectivity index (χ1n) is 13.4. The third-order valence-corrected chi connectivity index (χ3v) is 13.5. The summed E-state index contributed by atoms with van der Waals surface area (Å²) in [4.78, 5) is 8.88. The molecule has 0 saturated carbocycles. The van der Waals surface area contributed by atoms with Gasteiger partial charge in [0.1, 0.15) is 5.69 Å². The molecule has 2 aromatic heterocycles. The molecule has 1 atom stereocenters. The van der Waals surface area contributed by atoms with Crippen LogP contribution in [0.25, 0.3) is 11.5 Å².